The summed E-state index contributed by atoms with van der Waals surface area (Å²) in [6.45, 7) is 8.50. The van der Waals surface area contributed by atoms with Crippen LogP contribution in [-0.2, 0) is 4.74 Å². The first-order valence-electron chi connectivity index (χ1n) is 12.9. The second-order valence-corrected chi connectivity index (χ2v) is 9.67. The van der Waals surface area contributed by atoms with Gasteiger partial charge >= 0.3 is 5.97 Å². The molecule has 0 bridgehead atoms. The van der Waals surface area contributed by atoms with Crippen LogP contribution in [0.4, 0.5) is 4.39 Å². The van der Waals surface area contributed by atoms with Crippen molar-refractivity contribution in [3.8, 4) is 0 Å². The molecule has 4 heteroatoms. The smallest absolute Gasteiger partial charge is 0.335 e. The van der Waals surface area contributed by atoms with Crippen molar-refractivity contribution in [2.24, 2.45) is 0 Å². The summed E-state index contributed by atoms with van der Waals surface area (Å²) in [7, 11) is 0. The topological polar surface area (TPSA) is 46.5 Å². The molecule has 1 aliphatic heterocycles. The number of aryl methyl sites for hydroxylation is 1. The van der Waals surface area contributed by atoms with Gasteiger partial charge in [-0.3, -0.25) is 0 Å². The summed E-state index contributed by atoms with van der Waals surface area (Å²) in [5, 5.41) is 9.70. The Bertz CT molecular complexity index is 1080. The SMILES string of the molecule is C\C=C(/C=C\C(=C\CC)C(=C/CCC1(F)CCCCC1)\c1ccc(C)c(C(=O)O)c1)C1=C(C)OC1. The molecule has 0 amide bonds. The molecule has 2 aliphatic rings. The van der Waals surface area contributed by atoms with Gasteiger partial charge in [-0.1, -0.05) is 68.7 Å². The van der Waals surface area contributed by atoms with E-state index in [1.807, 2.05) is 32.9 Å². The molecular formula is C31H39FO3. The largest absolute Gasteiger partial charge is 0.493 e. The van der Waals surface area contributed by atoms with Gasteiger partial charge in [-0.15, -0.1) is 0 Å². The number of hydrogen-bond acceptors (Lipinski definition) is 2. The third-order valence-electron chi connectivity index (χ3n) is 7.16. The number of carboxylic acid groups (broad SMARTS) is 1. The van der Waals surface area contributed by atoms with Gasteiger partial charge in [0.15, 0.2) is 0 Å². The van der Waals surface area contributed by atoms with Gasteiger partial charge in [0.05, 0.1) is 5.56 Å². The van der Waals surface area contributed by atoms with Crippen LogP contribution in [0.3, 0.4) is 0 Å². The second-order valence-electron chi connectivity index (χ2n) is 9.67. The van der Waals surface area contributed by atoms with Crippen LogP contribution in [-0.4, -0.2) is 23.4 Å². The van der Waals surface area contributed by atoms with Gasteiger partial charge in [0.1, 0.15) is 18.0 Å². The number of hydrogen-bond donors (Lipinski definition) is 1. The zero-order valence-corrected chi connectivity index (χ0v) is 21.6. The van der Waals surface area contributed by atoms with Crippen molar-refractivity contribution in [2.75, 3.05) is 6.61 Å². The van der Waals surface area contributed by atoms with Crippen molar-refractivity contribution < 1.29 is 19.0 Å². The number of aromatic carboxylic acids is 1. The van der Waals surface area contributed by atoms with Crippen LogP contribution in [0.15, 0.2) is 71.1 Å². The summed E-state index contributed by atoms with van der Waals surface area (Å²) >= 11 is 0. The molecule has 1 aromatic carbocycles. The molecule has 1 fully saturated rings. The van der Waals surface area contributed by atoms with Gasteiger partial charge in [0.2, 0.25) is 0 Å². The molecule has 1 aromatic rings. The van der Waals surface area contributed by atoms with E-state index in [0.29, 0.717) is 37.9 Å². The molecule has 0 saturated heterocycles. The van der Waals surface area contributed by atoms with Gasteiger partial charge < -0.3 is 9.84 Å². The van der Waals surface area contributed by atoms with Crippen LogP contribution in [0.2, 0.25) is 0 Å². The average molecular weight is 479 g/mol. The summed E-state index contributed by atoms with van der Waals surface area (Å²) < 4.78 is 20.8. The van der Waals surface area contributed by atoms with Crippen LogP contribution in [0.1, 0.15) is 93.6 Å². The Balaban J connectivity index is 1.98. The van der Waals surface area contributed by atoms with Crippen molar-refractivity contribution in [3.63, 3.8) is 0 Å². The minimum atomic E-state index is -1.09. The summed E-state index contributed by atoms with van der Waals surface area (Å²) in [4.78, 5) is 11.8. The van der Waals surface area contributed by atoms with E-state index < -0.39 is 11.6 Å². The Labute approximate surface area is 209 Å². The lowest BCUT2D eigenvalue weighted by Crippen LogP contribution is -2.25. The summed E-state index contributed by atoms with van der Waals surface area (Å²) in [5.74, 6) is 0.0127. The molecule has 1 N–H and O–H groups in total. The van der Waals surface area contributed by atoms with E-state index in [2.05, 4.69) is 37.3 Å². The first-order chi connectivity index (χ1) is 16.8. The van der Waals surface area contributed by atoms with E-state index in [-0.39, 0.29) is 0 Å². The number of allylic oxidation sites excluding steroid dienone is 8. The highest BCUT2D eigenvalue weighted by Gasteiger charge is 2.30. The fourth-order valence-corrected chi connectivity index (χ4v) is 4.95. The summed E-state index contributed by atoms with van der Waals surface area (Å²) in [5.41, 5.74) is 5.07. The molecule has 35 heavy (non-hydrogen) atoms. The Morgan fingerprint density at radius 3 is 2.46 bits per heavy atom. The van der Waals surface area contributed by atoms with E-state index in [1.54, 1.807) is 6.07 Å². The Morgan fingerprint density at radius 1 is 1.14 bits per heavy atom. The minimum Gasteiger partial charge on any atom is -0.493 e. The number of carbonyl (C=O) groups is 1. The van der Waals surface area contributed by atoms with Crippen molar-refractivity contribution in [1.82, 2.24) is 0 Å². The first kappa shape index (κ1) is 26.7. The molecule has 0 radical (unpaired) electrons. The molecule has 3 nitrogen and oxygen atoms in total. The van der Waals surface area contributed by atoms with Gasteiger partial charge in [-0.2, -0.15) is 0 Å². The fourth-order valence-electron chi connectivity index (χ4n) is 4.95. The maximum atomic E-state index is 15.3. The van der Waals surface area contributed by atoms with E-state index in [1.165, 1.54) is 5.57 Å². The normalized spacial score (nSPS) is 19.1. The van der Waals surface area contributed by atoms with Gasteiger partial charge in [-0.05, 0) is 86.8 Å². The molecule has 188 valence electrons. The van der Waals surface area contributed by atoms with Crippen molar-refractivity contribution in [2.45, 2.75) is 84.7 Å². The van der Waals surface area contributed by atoms with Gasteiger partial charge in [-0.25, -0.2) is 9.18 Å². The van der Waals surface area contributed by atoms with Crippen molar-refractivity contribution >= 4 is 11.5 Å². The number of rotatable bonds is 10. The second kappa shape index (κ2) is 12.2. The highest BCUT2D eigenvalue weighted by Crippen LogP contribution is 2.37. The first-order valence-corrected chi connectivity index (χ1v) is 12.9. The molecular weight excluding hydrogens is 439 g/mol. The number of carboxylic acids is 1. The van der Waals surface area contributed by atoms with E-state index in [9.17, 15) is 9.90 Å². The lowest BCUT2D eigenvalue weighted by molar-refractivity contribution is 0.0696. The molecule has 0 unspecified atom stereocenters. The van der Waals surface area contributed by atoms with Gasteiger partial charge in [0.25, 0.3) is 0 Å². The number of ether oxygens (including phenoxy) is 1. The average Bonchev–Trinajstić information content (AvgIpc) is 2.83. The summed E-state index contributed by atoms with van der Waals surface area (Å²) in [6.07, 6.45) is 16.8. The van der Waals surface area contributed by atoms with E-state index in [4.69, 9.17) is 4.74 Å². The third kappa shape index (κ3) is 6.84. The monoisotopic (exact) mass is 478 g/mol. The third-order valence-corrected chi connectivity index (χ3v) is 7.16. The van der Waals surface area contributed by atoms with Crippen molar-refractivity contribution in [3.05, 3.63) is 87.7 Å². The Hall–Kier alpha value is -2.88. The highest BCUT2D eigenvalue weighted by molar-refractivity contribution is 5.92. The lowest BCUT2D eigenvalue weighted by Gasteiger charge is -2.29. The molecule has 1 saturated carbocycles. The maximum absolute atomic E-state index is 15.3. The standard InChI is InChI=1S/C31H39FO3/c1-5-11-25(16-15-24(6-2)29-21-35-23(29)4)27(12-10-19-31(32)17-8-7-9-18-31)26-14-13-22(3)28(20-26)30(33)34/h6,11-16,20H,5,7-10,17-19,21H2,1-4H3,(H,33,34)/b16-15-,24-6+,25-11-,27-12+. The van der Waals surface area contributed by atoms with Gasteiger partial charge in [0, 0.05) is 5.57 Å². The predicted octanol–water partition coefficient (Wildman–Crippen LogP) is 8.67. The summed E-state index contributed by atoms with van der Waals surface area (Å²) in [6, 6.07) is 5.57. The highest BCUT2D eigenvalue weighted by atomic mass is 19.1. The molecule has 3 rings (SSSR count). The molecule has 1 heterocycles. The lowest BCUT2D eigenvalue weighted by atomic mass is 9.82. The number of benzene rings is 1. The molecule has 0 spiro atoms. The molecule has 0 aromatic heterocycles. The van der Waals surface area contributed by atoms with Crippen LogP contribution in [0.5, 0.6) is 0 Å². The van der Waals surface area contributed by atoms with Crippen LogP contribution < -0.4 is 0 Å². The zero-order valence-electron chi connectivity index (χ0n) is 21.6. The zero-order chi connectivity index (χ0) is 25.4. The molecule has 1 aliphatic carbocycles. The Morgan fingerprint density at radius 2 is 1.89 bits per heavy atom. The maximum Gasteiger partial charge on any atom is 0.335 e. The van der Waals surface area contributed by atoms with Crippen molar-refractivity contribution in [1.29, 1.82) is 0 Å². The number of alkyl halides is 1. The van der Waals surface area contributed by atoms with Crippen LogP contribution >= 0.6 is 0 Å². The Kier molecular flexibility index (Phi) is 9.31. The number of halogens is 1. The van der Waals surface area contributed by atoms with E-state index >= 15 is 4.39 Å². The molecule has 0 atom stereocenters. The fraction of sp³-hybridized carbons (Fsp3) is 0.452. The van der Waals surface area contributed by atoms with Crippen LogP contribution in [0, 0.1) is 6.92 Å². The predicted molar refractivity (Wildman–Crippen MR) is 142 cm³/mol. The van der Waals surface area contributed by atoms with E-state index in [0.717, 1.165) is 59.3 Å². The quantitative estimate of drug-likeness (QED) is 0.342. The minimum absolute atomic E-state index is 0.295. The van der Waals surface area contributed by atoms with Crippen LogP contribution in [0.25, 0.3) is 5.57 Å².